The summed E-state index contributed by atoms with van der Waals surface area (Å²) < 4.78 is 0. The van der Waals surface area contributed by atoms with Gasteiger partial charge in [-0.1, -0.05) is 27.7 Å². The van der Waals surface area contributed by atoms with Gasteiger partial charge in [-0.05, 0) is 0 Å². The Morgan fingerprint density at radius 3 is 1.64 bits per heavy atom. The van der Waals surface area contributed by atoms with Gasteiger partial charge in [-0.15, -0.1) is 0 Å². The number of hydrogen-bond acceptors (Lipinski definition) is 2. The quantitative estimate of drug-likeness (QED) is 0.459. The molecule has 1 atom stereocenters. The highest BCUT2D eigenvalue weighted by molar-refractivity contribution is 4.85. The van der Waals surface area contributed by atoms with Gasteiger partial charge in [0.25, 0.3) is 0 Å². The minimum atomic E-state index is -0.799. The molecular formula is C8H17NO2. The zero-order valence-electron chi connectivity index (χ0n) is 7.97. The molecule has 0 amide bonds. The van der Waals surface area contributed by atoms with Crippen molar-refractivity contribution in [1.29, 1.82) is 0 Å². The highest BCUT2D eigenvalue weighted by Crippen LogP contribution is 2.35. The van der Waals surface area contributed by atoms with Crippen LogP contribution in [0.25, 0.3) is 0 Å². The van der Waals surface area contributed by atoms with Gasteiger partial charge in [0.05, 0.1) is 0 Å². The van der Waals surface area contributed by atoms with Gasteiger partial charge in [-0.25, -0.2) is 0 Å². The Labute approximate surface area is 67.9 Å². The van der Waals surface area contributed by atoms with Gasteiger partial charge in [0.15, 0.2) is 0 Å². The van der Waals surface area contributed by atoms with Crippen LogP contribution in [0.4, 0.5) is 0 Å². The molecule has 0 saturated carbocycles. The van der Waals surface area contributed by atoms with E-state index in [0.717, 1.165) is 0 Å². The fourth-order valence-corrected chi connectivity index (χ4v) is 0.933. The summed E-state index contributed by atoms with van der Waals surface area (Å²) in [6.45, 7) is 9.26. The molecule has 0 spiro atoms. The molecule has 0 rings (SSSR count). The van der Waals surface area contributed by atoms with E-state index in [1.807, 2.05) is 27.7 Å². The van der Waals surface area contributed by atoms with E-state index in [1.165, 1.54) is 0 Å². The molecule has 0 saturated heterocycles. The summed E-state index contributed by atoms with van der Waals surface area (Å²) in [7, 11) is 0. The summed E-state index contributed by atoms with van der Waals surface area (Å²) in [5.74, 6) is 0. The molecule has 0 aromatic heterocycles. The molecule has 0 aromatic carbocycles. The number of hydrogen-bond donors (Lipinski definition) is 0. The van der Waals surface area contributed by atoms with Gasteiger partial charge < -0.3 is 0 Å². The van der Waals surface area contributed by atoms with Crippen LogP contribution in [0, 0.1) is 15.5 Å². The van der Waals surface area contributed by atoms with Crippen LogP contribution in [0.1, 0.15) is 41.0 Å². The predicted molar refractivity (Wildman–Crippen MR) is 45.1 cm³/mol. The summed E-state index contributed by atoms with van der Waals surface area (Å²) in [6, 6.07) is 0. The fourth-order valence-electron chi connectivity index (χ4n) is 0.933. The molecule has 1 unspecified atom stereocenters. The zero-order chi connectivity index (χ0) is 9.28. The highest BCUT2D eigenvalue weighted by Gasteiger charge is 2.46. The molecule has 3 nitrogen and oxygen atoms in total. The third kappa shape index (κ3) is 1.70. The first-order chi connectivity index (χ1) is 4.75. The third-order valence-corrected chi connectivity index (χ3v) is 2.71. The van der Waals surface area contributed by atoms with Crippen molar-refractivity contribution in [1.82, 2.24) is 0 Å². The van der Waals surface area contributed by atoms with Crippen molar-refractivity contribution in [3.8, 4) is 0 Å². The first-order valence-corrected chi connectivity index (χ1v) is 3.90. The molecular weight excluding hydrogens is 142 g/mol. The van der Waals surface area contributed by atoms with Crippen LogP contribution in [-0.2, 0) is 0 Å². The zero-order valence-corrected chi connectivity index (χ0v) is 7.97. The van der Waals surface area contributed by atoms with Crippen LogP contribution in [0.5, 0.6) is 0 Å². The van der Waals surface area contributed by atoms with Crippen LogP contribution in [-0.4, -0.2) is 10.5 Å². The van der Waals surface area contributed by atoms with Crippen molar-refractivity contribution in [3.05, 3.63) is 10.1 Å². The normalized spacial score (nSPS) is 17.5. The molecule has 0 aromatic rings. The Balaban J connectivity index is 4.75. The Kier molecular flexibility index (Phi) is 2.64. The topological polar surface area (TPSA) is 43.1 Å². The lowest BCUT2D eigenvalue weighted by Gasteiger charge is -2.32. The Morgan fingerprint density at radius 1 is 1.27 bits per heavy atom. The molecule has 0 N–H and O–H groups in total. The standard InChI is InChI=1S/C8H17NO2/c1-6-8(5,9(10)11)7(2,3)4/h6H2,1-5H3. The molecule has 0 radical (unpaired) electrons. The van der Waals surface area contributed by atoms with E-state index >= 15 is 0 Å². The molecule has 0 aliphatic carbocycles. The Bertz CT molecular complexity index is 160. The largest absolute Gasteiger partial charge is 0.264 e. The molecule has 66 valence electrons. The average Bonchev–Trinajstić information content (AvgIpc) is 1.83. The molecule has 11 heavy (non-hydrogen) atoms. The lowest BCUT2D eigenvalue weighted by atomic mass is 9.74. The van der Waals surface area contributed by atoms with E-state index in [9.17, 15) is 10.1 Å². The van der Waals surface area contributed by atoms with Crippen molar-refractivity contribution < 1.29 is 4.92 Å². The minimum Gasteiger partial charge on any atom is -0.264 e. The maximum absolute atomic E-state index is 10.7. The molecule has 0 aliphatic heterocycles. The molecule has 0 heterocycles. The van der Waals surface area contributed by atoms with Gasteiger partial charge in [-0.2, -0.15) is 0 Å². The number of nitro groups is 1. The monoisotopic (exact) mass is 159 g/mol. The summed E-state index contributed by atoms with van der Waals surface area (Å²) in [4.78, 5) is 10.5. The van der Waals surface area contributed by atoms with Crippen LogP contribution < -0.4 is 0 Å². The lowest BCUT2D eigenvalue weighted by molar-refractivity contribution is -0.585. The summed E-state index contributed by atoms with van der Waals surface area (Å²) in [6.07, 6.45) is 0.573. The van der Waals surface area contributed by atoms with Crippen molar-refractivity contribution in [2.24, 2.45) is 5.41 Å². The van der Waals surface area contributed by atoms with Gasteiger partial charge >= 0.3 is 0 Å². The molecule has 3 heteroatoms. The third-order valence-electron chi connectivity index (χ3n) is 2.71. The maximum atomic E-state index is 10.7. The van der Waals surface area contributed by atoms with Gasteiger partial charge in [0, 0.05) is 23.7 Å². The second-order valence-corrected chi connectivity index (χ2v) is 4.13. The molecule has 0 fully saturated rings. The van der Waals surface area contributed by atoms with Gasteiger partial charge in [0.2, 0.25) is 5.54 Å². The van der Waals surface area contributed by atoms with Gasteiger partial charge in [0.1, 0.15) is 0 Å². The van der Waals surface area contributed by atoms with Crippen molar-refractivity contribution >= 4 is 0 Å². The van der Waals surface area contributed by atoms with Crippen LogP contribution in [0.15, 0.2) is 0 Å². The van der Waals surface area contributed by atoms with Crippen LogP contribution >= 0.6 is 0 Å². The molecule has 0 aliphatic rings. The second kappa shape index (κ2) is 2.80. The Morgan fingerprint density at radius 2 is 1.64 bits per heavy atom. The lowest BCUT2D eigenvalue weighted by Crippen LogP contribution is -2.46. The number of nitrogens with zero attached hydrogens (tertiary/aromatic N) is 1. The number of rotatable bonds is 2. The van der Waals surface area contributed by atoms with E-state index in [2.05, 4.69) is 0 Å². The van der Waals surface area contributed by atoms with Crippen LogP contribution in [0.2, 0.25) is 0 Å². The molecule has 0 bridgehead atoms. The van der Waals surface area contributed by atoms with E-state index in [4.69, 9.17) is 0 Å². The summed E-state index contributed by atoms with van der Waals surface area (Å²) in [5.41, 5.74) is -1.07. The first-order valence-electron chi connectivity index (χ1n) is 3.90. The van der Waals surface area contributed by atoms with Crippen LogP contribution in [0.3, 0.4) is 0 Å². The average molecular weight is 159 g/mol. The van der Waals surface area contributed by atoms with E-state index in [-0.39, 0.29) is 10.3 Å². The second-order valence-electron chi connectivity index (χ2n) is 4.13. The first kappa shape index (κ1) is 10.4. The van der Waals surface area contributed by atoms with E-state index in [0.29, 0.717) is 6.42 Å². The summed E-state index contributed by atoms with van der Waals surface area (Å²) >= 11 is 0. The van der Waals surface area contributed by atoms with E-state index < -0.39 is 5.54 Å². The SMILES string of the molecule is CCC(C)([N+](=O)[O-])C(C)(C)C. The Hall–Kier alpha value is -0.600. The fraction of sp³-hybridized carbons (Fsp3) is 1.00. The summed E-state index contributed by atoms with van der Waals surface area (Å²) in [5, 5.41) is 10.7. The van der Waals surface area contributed by atoms with Crippen molar-refractivity contribution in [3.63, 3.8) is 0 Å². The van der Waals surface area contributed by atoms with Gasteiger partial charge in [-0.3, -0.25) is 10.1 Å². The smallest absolute Gasteiger partial charge is 0.223 e. The van der Waals surface area contributed by atoms with Crippen molar-refractivity contribution in [2.45, 2.75) is 46.6 Å². The maximum Gasteiger partial charge on any atom is 0.223 e. The van der Waals surface area contributed by atoms with Crippen molar-refractivity contribution in [2.75, 3.05) is 0 Å². The predicted octanol–water partition coefficient (Wildman–Crippen LogP) is 2.48. The minimum absolute atomic E-state index is 0.174. The highest BCUT2D eigenvalue weighted by atomic mass is 16.6. The van der Waals surface area contributed by atoms with E-state index in [1.54, 1.807) is 6.92 Å².